The Morgan fingerprint density at radius 1 is 1.15 bits per heavy atom. The molecular weight excluding hydrogens is 317 g/mol. The van der Waals surface area contributed by atoms with E-state index in [0.717, 1.165) is 38.4 Å². The predicted octanol–water partition coefficient (Wildman–Crippen LogP) is 2.30. The van der Waals surface area contributed by atoms with Gasteiger partial charge >= 0.3 is 0 Å². The van der Waals surface area contributed by atoms with E-state index in [0.29, 0.717) is 15.2 Å². The van der Waals surface area contributed by atoms with Crippen molar-refractivity contribution >= 4 is 46.2 Å². The minimum absolute atomic E-state index is 0.198. The molecule has 4 nitrogen and oxygen atoms in total. The summed E-state index contributed by atoms with van der Waals surface area (Å²) >= 11 is 17.3. The molecule has 1 aliphatic rings. The van der Waals surface area contributed by atoms with E-state index in [2.05, 4.69) is 15.1 Å². The lowest BCUT2D eigenvalue weighted by molar-refractivity contribution is 0.148. The summed E-state index contributed by atoms with van der Waals surface area (Å²) in [4.78, 5) is 4.33. The maximum Gasteiger partial charge on any atom is 0.173 e. The fourth-order valence-corrected chi connectivity index (χ4v) is 2.97. The minimum atomic E-state index is 0.198. The van der Waals surface area contributed by atoms with Crippen LogP contribution in [0.2, 0.25) is 10.0 Å². The second kappa shape index (κ2) is 7.43. The molecule has 0 aromatic heterocycles. The standard InChI is InChI=1S/C13H17Cl2N3OS/c14-10-7-11(15)9-12(8-10)16-13(20)18-3-1-17(2-4-18)5-6-19/h7-9,19H,1-6H2,(H,16,20). The van der Waals surface area contributed by atoms with Gasteiger partial charge in [0.2, 0.25) is 0 Å². The smallest absolute Gasteiger partial charge is 0.173 e. The van der Waals surface area contributed by atoms with Crippen LogP contribution in [0.4, 0.5) is 5.69 Å². The number of nitrogens with zero attached hydrogens (tertiary/aromatic N) is 2. The largest absolute Gasteiger partial charge is 0.395 e. The second-order valence-electron chi connectivity index (χ2n) is 4.64. The number of halogens is 2. The Kier molecular flexibility index (Phi) is 5.86. The molecular formula is C13H17Cl2N3OS. The van der Waals surface area contributed by atoms with Crippen LogP contribution in [0.25, 0.3) is 0 Å². The number of rotatable bonds is 3. The van der Waals surface area contributed by atoms with Crippen LogP contribution < -0.4 is 5.32 Å². The first kappa shape index (κ1) is 15.8. The third-order valence-corrected chi connectivity index (χ3v) is 3.99. The lowest BCUT2D eigenvalue weighted by Crippen LogP contribution is -2.50. The molecule has 0 saturated carbocycles. The van der Waals surface area contributed by atoms with Gasteiger partial charge in [-0.25, -0.2) is 0 Å². The van der Waals surface area contributed by atoms with Crippen LogP contribution in [-0.2, 0) is 0 Å². The van der Waals surface area contributed by atoms with Crippen LogP contribution >= 0.6 is 35.4 Å². The van der Waals surface area contributed by atoms with Crippen molar-refractivity contribution in [2.75, 3.05) is 44.6 Å². The zero-order valence-corrected chi connectivity index (χ0v) is 13.3. The highest BCUT2D eigenvalue weighted by atomic mass is 35.5. The lowest BCUT2D eigenvalue weighted by Gasteiger charge is -2.35. The van der Waals surface area contributed by atoms with Crippen molar-refractivity contribution in [1.82, 2.24) is 9.80 Å². The van der Waals surface area contributed by atoms with Gasteiger partial charge in [0, 0.05) is 48.5 Å². The van der Waals surface area contributed by atoms with Crippen LogP contribution in [0.3, 0.4) is 0 Å². The van der Waals surface area contributed by atoms with Crippen LogP contribution in [0.15, 0.2) is 18.2 Å². The van der Waals surface area contributed by atoms with E-state index in [-0.39, 0.29) is 6.61 Å². The molecule has 110 valence electrons. The number of aliphatic hydroxyl groups is 1. The lowest BCUT2D eigenvalue weighted by atomic mass is 10.3. The molecule has 7 heteroatoms. The average Bonchev–Trinajstić information content (AvgIpc) is 2.38. The Morgan fingerprint density at radius 2 is 1.75 bits per heavy atom. The molecule has 1 heterocycles. The van der Waals surface area contributed by atoms with Crippen molar-refractivity contribution in [3.05, 3.63) is 28.2 Å². The number of benzene rings is 1. The summed E-state index contributed by atoms with van der Waals surface area (Å²) in [5, 5.41) is 13.9. The molecule has 0 aliphatic carbocycles. The Bertz CT molecular complexity index is 458. The van der Waals surface area contributed by atoms with E-state index in [9.17, 15) is 0 Å². The summed E-state index contributed by atoms with van der Waals surface area (Å²) < 4.78 is 0. The van der Waals surface area contributed by atoms with Gasteiger partial charge in [-0.1, -0.05) is 23.2 Å². The normalized spacial score (nSPS) is 16.2. The Balaban J connectivity index is 1.89. The zero-order chi connectivity index (χ0) is 14.5. The van der Waals surface area contributed by atoms with Crippen LogP contribution in [0, 0.1) is 0 Å². The number of anilines is 1. The van der Waals surface area contributed by atoms with Crippen LogP contribution in [0.5, 0.6) is 0 Å². The van der Waals surface area contributed by atoms with E-state index in [1.807, 2.05) is 0 Å². The fourth-order valence-electron chi connectivity index (χ4n) is 2.14. The highest BCUT2D eigenvalue weighted by molar-refractivity contribution is 7.80. The predicted molar refractivity (Wildman–Crippen MR) is 87.8 cm³/mol. The molecule has 0 amide bonds. The summed E-state index contributed by atoms with van der Waals surface area (Å²) in [6, 6.07) is 5.27. The van der Waals surface area contributed by atoms with Crippen molar-refractivity contribution in [1.29, 1.82) is 0 Å². The second-order valence-corrected chi connectivity index (χ2v) is 5.90. The van der Waals surface area contributed by atoms with E-state index in [1.165, 1.54) is 0 Å². The van der Waals surface area contributed by atoms with Crippen molar-refractivity contribution in [3.8, 4) is 0 Å². The number of thiocarbonyl (C=S) groups is 1. The molecule has 1 fully saturated rings. The molecule has 0 bridgehead atoms. The highest BCUT2D eigenvalue weighted by Crippen LogP contribution is 2.22. The summed E-state index contributed by atoms with van der Waals surface area (Å²) in [6.45, 7) is 4.42. The Morgan fingerprint density at radius 3 is 2.30 bits per heavy atom. The van der Waals surface area contributed by atoms with Crippen molar-refractivity contribution in [2.45, 2.75) is 0 Å². The summed E-state index contributed by atoms with van der Waals surface area (Å²) in [7, 11) is 0. The molecule has 2 rings (SSSR count). The number of nitrogens with one attached hydrogen (secondary N) is 1. The topological polar surface area (TPSA) is 38.7 Å². The molecule has 0 atom stereocenters. The fraction of sp³-hybridized carbons (Fsp3) is 0.462. The molecule has 1 aromatic carbocycles. The van der Waals surface area contributed by atoms with Gasteiger partial charge in [0.05, 0.1) is 6.61 Å². The van der Waals surface area contributed by atoms with E-state index in [1.54, 1.807) is 18.2 Å². The number of piperazine rings is 1. The summed E-state index contributed by atoms with van der Waals surface area (Å²) in [6.07, 6.45) is 0. The van der Waals surface area contributed by atoms with Crippen molar-refractivity contribution in [3.63, 3.8) is 0 Å². The molecule has 0 spiro atoms. The third-order valence-electron chi connectivity index (χ3n) is 3.19. The molecule has 0 unspecified atom stereocenters. The van der Waals surface area contributed by atoms with Gasteiger partial charge in [-0.3, -0.25) is 4.90 Å². The monoisotopic (exact) mass is 333 g/mol. The number of β-amino-alcohol motifs (C(OH)–C–C–N with tert-alkyl or cyclic N) is 1. The maximum absolute atomic E-state index is 8.92. The van der Waals surface area contributed by atoms with E-state index >= 15 is 0 Å². The number of hydrogen-bond donors (Lipinski definition) is 2. The van der Waals surface area contributed by atoms with Gasteiger partial charge < -0.3 is 15.3 Å². The van der Waals surface area contributed by atoms with Crippen LogP contribution in [0.1, 0.15) is 0 Å². The number of aliphatic hydroxyl groups excluding tert-OH is 1. The SMILES string of the molecule is OCCN1CCN(C(=S)Nc2cc(Cl)cc(Cl)c2)CC1. The molecule has 1 aromatic rings. The molecule has 0 radical (unpaired) electrons. The van der Waals surface area contributed by atoms with Gasteiger partial charge in [-0.05, 0) is 30.4 Å². The first-order chi connectivity index (χ1) is 9.58. The number of hydrogen-bond acceptors (Lipinski definition) is 3. The molecule has 1 saturated heterocycles. The summed E-state index contributed by atoms with van der Waals surface area (Å²) in [5.41, 5.74) is 0.797. The van der Waals surface area contributed by atoms with Gasteiger partial charge in [0.1, 0.15) is 0 Å². The third kappa shape index (κ3) is 4.46. The zero-order valence-electron chi connectivity index (χ0n) is 11.0. The quantitative estimate of drug-likeness (QED) is 0.830. The first-order valence-electron chi connectivity index (χ1n) is 6.44. The van der Waals surface area contributed by atoms with Gasteiger partial charge in [-0.2, -0.15) is 0 Å². The first-order valence-corrected chi connectivity index (χ1v) is 7.60. The van der Waals surface area contributed by atoms with E-state index in [4.69, 9.17) is 40.5 Å². The summed E-state index contributed by atoms with van der Waals surface area (Å²) in [5.74, 6) is 0. The average molecular weight is 334 g/mol. The molecule has 2 N–H and O–H groups in total. The maximum atomic E-state index is 8.92. The minimum Gasteiger partial charge on any atom is -0.395 e. The van der Waals surface area contributed by atoms with Gasteiger partial charge in [0.15, 0.2) is 5.11 Å². The van der Waals surface area contributed by atoms with Crippen LogP contribution in [-0.4, -0.2) is 59.3 Å². The van der Waals surface area contributed by atoms with Gasteiger partial charge in [0.25, 0.3) is 0 Å². The Labute approximate surface area is 134 Å². The molecule has 20 heavy (non-hydrogen) atoms. The van der Waals surface area contributed by atoms with Gasteiger partial charge in [-0.15, -0.1) is 0 Å². The Hall–Kier alpha value is -0.590. The van der Waals surface area contributed by atoms with Crippen molar-refractivity contribution in [2.24, 2.45) is 0 Å². The van der Waals surface area contributed by atoms with E-state index < -0.39 is 0 Å². The van der Waals surface area contributed by atoms with Crippen molar-refractivity contribution < 1.29 is 5.11 Å². The highest BCUT2D eigenvalue weighted by Gasteiger charge is 2.18. The molecule has 1 aliphatic heterocycles.